The van der Waals surface area contributed by atoms with Crippen molar-refractivity contribution < 1.29 is 4.42 Å². The molecule has 0 aliphatic carbocycles. The number of anilines is 1. The molecule has 0 saturated carbocycles. The smallest absolute Gasteiger partial charge is 0.294 e. The Labute approximate surface area is 73.2 Å². The molecule has 1 rings (SSSR count). The predicted octanol–water partition coefficient (Wildman–Crippen LogP) is 2.45. The van der Waals surface area contributed by atoms with Gasteiger partial charge in [-0.1, -0.05) is 19.8 Å². The van der Waals surface area contributed by atoms with Gasteiger partial charge in [0.2, 0.25) is 0 Å². The van der Waals surface area contributed by atoms with E-state index in [-0.39, 0.29) is 0 Å². The van der Waals surface area contributed by atoms with E-state index in [2.05, 4.69) is 17.2 Å². The number of rotatable bonds is 5. The van der Waals surface area contributed by atoms with E-state index < -0.39 is 0 Å². The van der Waals surface area contributed by atoms with Crippen LogP contribution in [0.1, 0.15) is 31.9 Å². The Morgan fingerprint density at radius 2 is 2.33 bits per heavy atom. The summed E-state index contributed by atoms with van der Waals surface area (Å²) in [5.74, 6) is 0.979. The van der Waals surface area contributed by atoms with Gasteiger partial charge in [0, 0.05) is 13.5 Å². The van der Waals surface area contributed by atoms with Crippen molar-refractivity contribution in [1.29, 1.82) is 0 Å². The van der Waals surface area contributed by atoms with E-state index in [1.54, 1.807) is 6.20 Å². The van der Waals surface area contributed by atoms with Crippen LogP contribution in [0.3, 0.4) is 0 Å². The Morgan fingerprint density at radius 3 is 2.92 bits per heavy atom. The van der Waals surface area contributed by atoms with Gasteiger partial charge in [0.1, 0.15) is 5.76 Å². The number of hydrogen-bond acceptors (Lipinski definition) is 3. The highest BCUT2D eigenvalue weighted by Gasteiger charge is 2.00. The summed E-state index contributed by atoms with van der Waals surface area (Å²) in [6, 6.07) is 0.612. The SMILES string of the molecule is CCCCCc1cnc(NC)o1. The zero-order valence-electron chi connectivity index (χ0n) is 7.76. The molecule has 0 radical (unpaired) electrons. The van der Waals surface area contributed by atoms with Gasteiger partial charge in [0.05, 0.1) is 6.20 Å². The second-order valence-electron chi connectivity index (χ2n) is 2.84. The molecule has 0 aliphatic heterocycles. The lowest BCUT2D eigenvalue weighted by molar-refractivity contribution is 0.506. The third kappa shape index (κ3) is 2.57. The minimum atomic E-state index is 0.612. The number of nitrogens with zero attached hydrogens (tertiary/aromatic N) is 1. The van der Waals surface area contributed by atoms with E-state index in [1.165, 1.54) is 19.3 Å². The van der Waals surface area contributed by atoms with Crippen LogP contribution in [0.5, 0.6) is 0 Å². The maximum absolute atomic E-state index is 5.36. The fourth-order valence-electron chi connectivity index (χ4n) is 1.09. The second-order valence-corrected chi connectivity index (χ2v) is 2.84. The van der Waals surface area contributed by atoms with Crippen molar-refractivity contribution in [3.63, 3.8) is 0 Å². The van der Waals surface area contributed by atoms with E-state index in [9.17, 15) is 0 Å². The fourth-order valence-corrected chi connectivity index (χ4v) is 1.09. The average molecular weight is 168 g/mol. The minimum absolute atomic E-state index is 0.612. The van der Waals surface area contributed by atoms with Crippen LogP contribution in [0, 0.1) is 0 Å². The van der Waals surface area contributed by atoms with Crippen molar-refractivity contribution in [3.05, 3.63) is 12.0 Å². The van der Waals surface area contributed by atoms with Crippen LogP contribution in [0.15, 0.2) is 10.6 Å². The van der Waals surface area contributed by atoms with Gasteiger partial charge in [0.15, 0.2) is 0 Å². The molecular formula is C9H16N2O. The van der Waals surface area contributed by atoms with Gasteiger partial charge in [-0.3, -0.25) is 0 Å². The molecule has 0 atom stereocenters. The fraction of sp³-hybridized carbons (Fsp3) is 0.667. The van der Waals surface area contributed by atoms with Crippen molar-refractivity contribution in [3.8, 4) is 0 Å². The number of aryl methyl sites for hydroxylation is 1. The van der Waals surface area contributed by atoms with Crippen LogP contribution in [0.2, 0.25) is 0 Å². The summed E-state index contributed by atoms with van der Waals surface area (Å²) in [6.45, 7) is 2.19. The molecular weight excluding hydrogens is 152 g/mol. The van der Waals surface area contributed by atoms with E-state index in [0.717, 1.165) is 12.2 Å². The Bertz CT molecular complexity index is 220. The van der Waals surface area contributed by atoms with E-state index >= 15 is 0 Å². The van der Waals surface area contributed by atoms with Gasteiger partial charge in [-0.2, -0.15) is 0 Å². The van der Waals surface area contributed by atoms with Crippen LogP contribution in [0.25, 0.3) is 0 Å². The summed E-state index contributed by atoms with van der Waals surface area (Å²) in [7, 11) is 1.81. The summed E-state index contributed by atoms with van der Waals surface area (Å²) in [5, 5.41) is 2.86. The van der Waals surface area contributed by atoms with Gasteiger partial charge < -0.3 is 9.73 Å². The maximum Gasteiger partial charge on any atom is 0.294 e. The molecule has 1 aromatic heterocycles. The summed E-state index contributed by atoms with van der Waals surface area (Å²) in [6.07, 6.45) is 6.49. The van der Waals surface area contributed by atoms with Crippen LogP contribution < -0.4 is 5.32 Å². The molecule has 1 aromatic rings. The molecule has 0 aliphatic rings. The monoisotopic (exact) mass is 168 g/mol. The van der Waals surface area contributed by atoms with Gasteiger partial charge in [-0.05, 0) is 6.42 Å². The van der Waals surface area contributed by atoms with E-state index in [0.29, 0.717) is 6.01 Å². The van der Waals surface area contributed by atoms with Crippen LogP contribution in [-0.2, 0) is 6.42 Å². The first-order valence-corrected chi connectivity index (χ1v) is 4.49. The number of unbranched alkanes of at least 4 members (excludes halogenated alkanes) is 2. The van der Waals surface area contributed by atoms with Crippen molar-refractivity contribution in [2.75, 3.05) is 12.4 Å². The Morgan fingerprint density at radius 1 is 1.50 bits per heavy atom. The Balaban J connectivity index is 2.31. The molecule has 0 bridgehead atoms. The first-order valence-electron chi connectivity index (χ1n) is 4.49. The number of hydrogen-bond donors (Lipinski definition) is 1. The lowest BCUT2D eigenvalue weighted by Gasteiger charge is -1.93. The van der Waals surface area contributed by atoms with Crippen molar-refractivity contribution >= 4 is 6.01 Å². The molecule has 0 fully saturated rings. The van der Waals surface area contributed by atoms with Crippen molar-refractivity contribution in [2.24, 2.45) is 0 Å². The number of nitrogens with one attached hydrogen (secondary N) is 1. The number of oxazole rings is 1. The third-order valence-corrected chi connectivity index (χ3v) is 1.79. The van der Waals surface area contributed by atoms with Crippen molar-refractivity contribution in [1.82, 2.24) is 4.98 Å². The average Bonchev–Trinajstić information content (AvgIpc) is 2.53. The lowest BCUT2D eigenvalue weighted by atomic mass is 10.2. The largest absolute Gasteiger partial charge is 0.429 e. The first kappa shape index (κ1) is 9.10. The quantitative estimate of drug-likeness (QED) is 0.686. The number of aromatic nitrogens is 1. The van der Waals surface area contributed by atoms with Crippen molar-refractivity contribution in [2.45, 2.75) is 32.6 Å². The zero-order valence-corrected chi connectivity index (χ0v) is 7.76. The summed E-state index contributed by atoms with van der Waals surface area (Å²) >= 11 is 0. The second kappa shape index (κ2) is 4.80. The van der Waals surface area contributed by atoms with E-state index in [1.807, 2.05) is 7.05 Å². The third-order valence-electron chi connectivity index (χ3n) is 1.79. The molecule has 0 saturated heterocycles. The highest BCUT2D eigenvalue weighted by molar-refractivity contribution is 5.18. The summed E-state index contributed by atoms with van der Waals surface area (Å²) < 4.78 is 5.36. The normalized spacial score (nSPS) is 10.2. The van der Waals surface area contributed by atoms with Crippen LogP contribution in [-0.4, -0.2) is 12.0 Å². The highest BCUT2D eigenvalue weighted by atomic mass is 16.4. The van der Waals surface area contributed by atoms with Crippen LogP contribution >= 0.6 is 0 Å². The van der Waals surface area contributed by atoms with Gasteiger partial charge in [-0.15, -0.1) is 0 Å². The topological polar surface area (TPSA) is 38.1 Å². The standard InChI is InChI=1S/C9H16N2O/c1-3-4-5-6-8-7-11-9(10-2)12-8/h7H,3-6H2,1-2H3,(H,10,11). The Kier molecular flexibility index (Phi) is 3.64. The van der Waals surface area contributed by atoms with Crippen LogP contribution in [0.4, 0.5) is 6.01 Å². The predicted molar refractivity (Wildman–Crippen MR) is 49.3 cm³/mol. The molecule has 1 heterocycles. The lowest BCUT2D eigenvalue weighted by Crippen LogP contribution is -1.85. The summed E-state index contributed by atoms with van der Waals surface area (Å²) in [5.41, 5.74) is 0. The van der Waals surface area contributed by atoms with Gasteiger partial charge >= 0.3 is 0 Å². The molecule has 12 heavy (non-hydrogen) atoms. The Hall–Kier alpha value is -0.990. The molecule has 68 valence electrons. The minimum Gasteiger partial charge on any atom is -0.429 e. The zero-order chi connectivity index (χ0) is 8.81. The first-order chi connectivity index (χ1) is 5.86. The van der Waals surface area contributed by atoms with E-state index in [4.69, 9.17) is 4.42 Å². The maximum atomic E-state index is 5.36. The highest BCUT2D eigenvalue weighted by Crippen LogP contribution is 2.11. The summed E-state index contributed by atoms with van der Waals surface area (Å²) in [4.78, 5) is 4.04. The van der Waals surface area contributed by atoms with Gasteiger partial charge in [0.25, 0.3) is 6.01 Å². The molecule has 1 N–H and O–H groups in total. The van der Waals surface area contributed by atoms with Gasteiger partial charge in [-0.25, -0.2) is 4.98 Å². The molecule has 0 amide bonds. The molecule has 3 nitrogen and oxygen atoms in total. The molecule has 0 aromatic carbocycles. The molecule has 3 heteroatoms. The molecule has 0 spiro atoms. The molecule has 0 unspecified atom stereocenters.